The molecule has 2 aromatic rings. The first-order chi connectivity index (χ1) is 11.1. The molecule has 1 aromatic heterocycles. The first kappa shape index (κ1) is 15.1. The van der Waals surface area contributed by atoms with Gasteiger partial charge >= 0.3 is 5.97 Å². The van der Waals surface area contributed by atoms with E-state index in [4.69, 9.17) is 14.3 Å². The maximum absolute atomic E-state index is 12.4. The van der Waals surface area contributed by atoms with Gasteiger partial charge in [-0.05, 0) is 30.2 Å². The van der Waals surface area contributed by atoms with E-state index in [1.54, 1.807) is 12.0 Å². The van der Waals surface area contributed by atoms with Crippen LogP contribution in [0.1, 0.15) is 39.0 Å². The quantitative estimate of drug-likeness (QED) is 0.938. The number of para-hydroxylation sites is 1. The van der Waals surface area contributed by atoms with E-state index in [0.717, 1.165) is 17.7 Å². The summed E-state index contributed by atoms with van der Waals surface area (Å²) in [7, 11) is 1.63. The molecule has 23 heavy (non-hydrogen) atoms. The molecule has 2 heterocycles. The minimum Gasteiger partial charge on any atom is -0.496 e. The molecule has 3 rings (SSSR count). The van der Waals surface area contributed by atoms with Crippen LogP contribution in [0.4, 0.5) is 0 Å². The fraction of sp³-hybridized carbons (Fsp3) is 0.294. The molecule has 0 saturated carbocycles. The zero-order valence-corrected chi connectivity index (χ0v) is 12.7. The van der Waals surface area contributed by atoms with Gasteiger partial charge in [-0.15, -0.1) is 0 Å². The van der Waals surface area contributed by atoms with Gasteiger partial charge in [0.05, 0.1) is 7.11 Å². The molecule has 1 unspecified atom stereocenters. The van der Waals surface area contributed by atoms with Crippen molar-refractivity contribution in [3.05, 3.63) is 53.5 Å². The zero-order chi connectivity index (χ0) is 16.4. The van der Waals surface area contributed by atoms with Crippen LogP contribution in [0, 0.1) is 0 Å². The number of hydrogen-bond acceptors (Lipinski definition) is 4. The highest BCUT2D eigenvalue weighted by molar-refractivity contribution is 5.93. The average Bonchev–Trinajstić information content (AvgIpc) is 3.23. The topological polar surface area (TPSA) is 80.0 Å². The largest absolute Gasteiger partial charge is 0.496 e. The lowest BCUT2D eigenvalue weighted by atomic mass is 9.97. The van der Waals surface area contributed by atoms with Gasteiger partial charge in [-0.1, -0.05) is 18.2 Å². The number of carbonyl (C=O) groups excluding carboxylic acids is 1. The minimum absolute atomic E-state index is 0.0584. The molecule has 0 radical (unpaired) electrons. The highest BCUT2D eigenvalue weighted by atomic mass is 16.5. The summed E-state index contributed by atoms with van der Waals surface area (Å²) in [5, 5.41) is 8.86. The van der Waals surface area contributed by atoms with Gasteiger partial charge in [-0.2, -0.15) is 0 Å². The first-order valence-electron chi connectivity index (χ1n) is 7.35. The maximum atomic E-state index is 12.4. The molecule has 1 aliphatic rings. The fourth-order valence-electron chi connectivity index (χ4n) is 2.93. The summed E-state index contributed by atoms with van der Waals surface area (Å²) in [6.45, 7) is 1.16. The standard InChI is InChI=1S/C17H17NO5/c1-22-13-5-3-2-4-12(13)11-8-9-18(10-11)16(19)14-6-7-15(23-14)17(20)21/h2-7,11H,8-10H2,1H3,(H,20,21). The molecule has 0 spiro atoms. The molecule has 6 heteroatoms. The predicted octanol–water partition coefficient (Wildman–Crippen LogP) is 2.62. The van der Waals surface area contributed by atoms with E-state index < -0.39 is 5.97 Å². The van der Waals surface area contributed by atoms with E-state index in [0.29, 0.717) is 13.1 Å². The number of carbonyl (C=O) groups is 2. The normalized spacial score (nSPS) is 17.3. The number of carboxylic acid groups (broad SMARTS) is 1. The van der Waals surface area contributed by atoms with Gasteiger partial charge in [0.2, 0.25) is 5.76 Å². The number of hydrogen-bond donors (Lipinski definition) is 1. The highest BCUT2D eigenvalue weighted by Crippen LogP contribution is 2.33. The second kappa shape index (κ2) is 6.16. The van der Waals surface area contributed by atoms with E-state index in [2.05, 4.69) is 0 Å². The third-order valence-corrected chi connectivity index (χ3v) is 4.08. The summed E-state index contributed by atoms with van der Waals surface area (Å²) in [5.74, 6) is -0.619. The van der Waals surface area contributed by atoms with Crippen molar-refractivity contribution >= 4 is 11.9 Å². The van der Waals surface area contributed by atoms with E-state index in [1.165, 1.54) is 12.1 Å². The van der Waals surface area contributed by atoms with E-state index in [-0.39, 0.29) is 23.3 Å². The first-order valence-corrected chi connectivity index (χ1v) is 7.35. The lowest BCUT2D eigenvalue weighted by molar-refractivity contribution is 0.0653. The van der Waals surface area contributed by atoms with Crippen molar-refractivity contribution in [2.24, 2.45) is 0 Å². The molecule has 1 fully saturated rings. The smallest absolute Gasteiger partial charge is 0.371 e. The number of amides is 1. The van der Waals surface area contributed by atoms with Crippen LogP contribution in [0.15, 0.2) is 40.8 Å². The van der Waals surface area contributed by atoms with Crippen molar-refractivity contribution in [3.8, 4) is 5.75 Å². The van der Waals surface area contributed by atoms with Gasteiger partial charge in [0, 0.05) is 19.0 Å². The average molecular weight is 315 g/mol. The number of methoxy groups -OCH3 is 1. The van der Waals surface area contributed by atoms with Gasteiger partial charge in [0.25, 0.3) is 5.91 Å². The zero-order valence-electron chi connectivity index (χ0n) is 12.7. The third-order valence-electron chi connectivity index (χ3n) is 4.08. The van der Waals surface area contributed by atoms with Crippen LogP contribution in [-0.2, 0) is 0 Å². The summed E-state index contributed by atoms with van der Waals surface area (Å²) in [4.78, 5) is 24.9. The number of ether oxygens (including phenoxy) is 1. The Morgan fingerprint density at radius 3 is 2.65 bits per heavy atom. The number of aromatic carboxylic acids is 1. The van der Waals surface area contributed by atoms with Crippen LogP contribution in [0.5, 0.6) is 5.75 Å². The van der Waals surface area contributed by atoms with Crippen LogP contribution in [0.2, 0.25) is 0 Å². The van der Waals surface area contributed by atoms with Crippen LogP contribution in [0.25, 0.3) is 0 Å². The lowest BCUT2D eigenvalue weighted by Crippen LogP contribution is -2.28. The molecule has 1 aliphatic heterocycles. The Kier molecular flexibility index (Phi) is 4.06. The Morgan fingerprint density at radius 2 is 1.96 bits per heavy atom. The molecule has 1 saturated heterocycles. The van der Waals surface area contributed by atoms with Crippen LogP contribution in [0.3, 0.4) is 0 Å². The van der Waals surface area contributed by atoms with Crippen LogP contribution in [-0.4, -0.2) is 42.1 Å². The van der Waals surface area contributed by atoms with E-state index in [9.17, 15) is 9.59 Å². The van der Waals surface area contributed by atoms with Crippen molar-refractivity contribution in [3.63, 3.8) is 0 Å². The minimum atomic E-state index is -1.18. The Labute approximate surface area is 133 Å². The molecular weight excluding hydrogens is 298 g/mol. The van der Waals surface area contributed by atoms with Crippen molar-refractivity contribution in [1.82, 2.24) is 4.90 Å². The predicted molar refractivity (Wildman–Crippen MR) is 81.9 cm³/mol. The number of benzene rings is 1. The Balaban J connectivity index is 1.74. The number of rotatable bonds is 4. The number of nitrogens with zero attached hydrogens (tertiary/aromatic N) is 1. The number of likely N-dealkylation sites (tertiary alicyclic amines) is 1. The van der Waals surface area contributed by atoms with Crippen LogP contribution < -0.4 is 4.74 Å². The molecule has 120 valence electrons. The van der Waals surface area contributed by atoms with Gasteiger partial charge in [0.1, 0.15) is 5.75 Å². The van der Waals surface area contributed by atoms with Gasteiger partial charge < -0.3 is 19.2 Å². The van der Waals surface area contributed by atoms with Gasteiger partial charge in [-0.25, -0.2) is 4.79 Å². The Hall–Kier alpha value is -2.76. The lowest BCUT2D eigenvalue weighted by Gasteiger charge is -2.16. The maximum Gasteiger partial charge on any atom is 0.371 e. The molecule has 6 nitrogen and oxygen atoms in total. The van der Waals surface area contributed by atoms with Crippen molar-refractivity contribution in [1.29, 1.82) is 0 Å². The Morgan fingerprint density at radius 1 is 1.22 bits per heavy atom. The molecule has 1 amide bonds. The van der Waals surface area contributed by atoms with Crippen molar-refractivity contribution in [2.75, 3.05) is 20.2 Å². The van der Waals surface area contributed by atoms with E-state index >= 15 is 0 Å². The monoisotopic (exact) mass is 315 g/mol. The van der Waals surface area contributed by atoms with Gasteiger partial charge in [-0.3, -0.25) is 4.79 Å². The molecular formula is C17H17NO5. The Bertz CT molecular complexity index is 736. The summed E-state index contributed by atoms with van der Waals surface area (Å²) in [6, 6.07) is 10.5. The van der Waals surface area contributed by atoms with Crippen molar-refractivity contribution in [2.45, 2.75) is 12.3 Å². The number of carboxylic acids is 1. The third kappa shape index (κ3) is 2.92. The highest BCUT2D eigenvalue weighted by Gasteiger charge is 2.31. The van der Waals surface area contributed by atoms with Crippen molar-refractivity contribution < 1.29 is 23.8 Å². The fourth-order valence-corrected chi connectivity index (χ4v) is 2.93. The van der Waals surface area contributed by atoms with E-state index in [1.807, 2.05) is 24.3 Å². The summed E-state index contributed by atoms with van der Waals surface area (Å²) in [6.07, 6.45) is 0.832. The molecule has 1 aromatic carbocycles. The summed E-state index contributed by atoms with van der Waals surface area (Å²) < 4.78 is 10.5. The second-order valence-electron chi connectivity index (χ2n) is 5.45. The number of furan rings is 1. The molecule has 1 atom stereocenters. The summed E-state index contributed by atoms with van der Waals surface area (Å²) in [5.41, 5.74) is 1.08. The molecule has 0 aliphatic carbocycles. The molecule has 0 bridgehead atoms. The SMILES string of the molecule is COc1ccccc1C1CCN(C(=O)c2ccc(C(=O)O)o2)C1. The summed E-state index contributed by atoms with van der Waals surface area (Å²) >= 11 is 0. The second-order valence-corrected chi connectivity index (χ2v) is 5.45. The van der Waals surface area contributed by atoms with Gasteiger partial charge in [0.15, 0.2) is 5.76 Å². The molecule has 1 N–H and O–H groups in total. The van der Waals surface area contributed by atoms with Crippen LogP contribution >= 0.6 is 0 Å².